The fourth-order valence-corrected chi connectivity index (χ4v) is 7.09. The zero-order valence-corrected chi connectivity index (χ0v) is 15.6. The number of hydrogen-bond donors (Lipinski definition) is 0. The molecule has 0 aliphatic rings. The summed E-state index contributed by atoms with van der Waals surface area (Å²) >= 11 is 0. The van der Waals surface area contributed by atoms with E-state index in [0.29, 0.717) is 9.79 Å². The summed E-state index contributed by atoms with van der Waals surface area (Å²) in [5.74, 6) is 0. The van der Waals surface area contributed by atoms with Crippen molar-refractivity contribution in [3.8, 4) is 0 Å². The molecule has 2 aromatic rings. The number of benzene rings is 2. The molecule has 0 fully saturated rings. The molecule has 0 heterocycles. The Bertz CT molecular complexity index is 678. The third-order valence-corrected chi connectivity index (χ3v) is 7.73. The van der Waals surface area contributed by atoms with E-state index < -0.39 is 19.7 Å². The zero-order chi connectivity index (χ0) is 16.6. The van der Waals surface area contributed by atoms with Gasteiger partial charge in [-0.05, 0) is 63.8 Å². The first-order valence-electron chi connectivity index (χ1n) is 7.22. The maximum absolute atomic E-state index is 12.9. The topological polar surface area (TPSA) is 34.1 Å². The second-order valence-electron chi connectivity index (χ2n) is 5.93. The van der Waals surface area contributed by atoms with Crippen molar-refractivity contribution in [2.24, 2.45) is 0 Å². The van der Waals surface area contributed by atoms with Gasteiger partial charge in [0.05, 0.1) is 9.79 Å². The predicted octanol–water partition coefficient (Wildman–Crippen LogP) is 4.37. The van der Waals surface area contributed by atoms with E-state index in [2.05, 4.69) is 0 Å². The Kier molecular flexibility index (Phi) is 5.03. The summed E-state index contributed by atoms with van der Waals surface area (Å²) in [5, 5.41) is 0. The van der Waals surface area contributed by atoms with Gasteiger partial charge in [0.25, 0.3) is 0 Å². The summed E-state index contributed by atoms with van der Waals surface area (Å²) < 4.78 is 25.8. The quantitative estimate of drug-likeness (QED) is 0.781. The molecule has 0 saturated carbocycles. The van der Waals surface area contributed by atoms with Crippen molar-refractivity contribution in [1.82, 2.24) is 0 Å². The van der Waals surface area contributed by atoms with Crippen molar-refractivity contribution in [3.63, 3.8) is 0 Å². The van der Waals surface area contributed by atoms with Crippen LogP contribution in [0, 0.1) is 41.5 Å². The van der Waals surface area contributed by atoms with Crippen LogP contribution < -0.4 is 0 Å². The number of rotatable bonds is 3. The van der Waals surface area contributed by atoms with Gasteiger partial charge in [0, 0.05) is 0 Å². The van der Waals surface area contributed by atoms with E-state index >= 15 is 0 Å². The van der Waals surface area contributed by atoms with Crippen LogP contribution in [0.2, 0.25) is 0 Å². The van der Waals surface area contributed by atoms with Gasteiger partial charge in [-0.1, -0.05) is 35.4 Å². The zero-order valence-electron chi connectivity index (χ0n) is 13.9. The largest absolute Gasteiger partial charge is 0.240 e. The molecule has 0 saturated heterocycles. The predicted molar refractivity (Wildman–Crippen MR) is 94.1 cm³/mol. The van der Waals surface area contributed by atoms with Crippen molar-refractivity contribution in [1.29, 1.82) is 0 Å². The molecule has 2 rings (SSSR count). The van der Waals surface area contributed by atoms with Crippen molar-refractivity contribution in [2.45, 2.75) is 51.3 Å². The molecule has 0 unspecified atom stereocenters. The summed E-state index contributed by atoms with van der Waals surface area (Å²) in [4.78, 5) is 1.40. The number of hydrogen-bond acceptors (Lipinski definition) is 2. The Labute approximate surface area is 137 Å². The minimum absolute atomic E-state index is 0.698. The summed E-state index contributed by atoms with van der Waals surface area (Å²) in [7, 11) is -3.13. The van der Waals surface area contributed by atoms with E-state index in [1.165, 1.54) is 0 Å². The van der Waals surface area contributed by atoms with E-state index in [-0.39, 0.29) is 0 Å². The van der Waals surface area contributed by atoms with Crippen LogP contribution in [-0.4, -0.2) is 8.42 Å². The lowest BCUT2D eigenvalue weighted by Gasteiger charge is -2.14. The maximum Gasteiger partial charge on any atom is 0.148 e. The standard InChI is InChI=1S/C18H22O2S2/c1-11-7-13(3)17(14(4)8-11)21(19)22(20)18-15(5)9-12(2)10-16(18)6/h7-10H,1-6H3/t21-,22+. The van der Waals surface area contributed by atoms with Crippen molar-refractivity contribution >= 4 is 19.7 Å². The Morgan fingerprint density at radius 1 is 0.545 bits per heavy atom. The van der Waals surface area contributed by atoms with Gasteiger partial charge in [-0.2, -0.15) is 0 Å². The van der Waals surface area contributed by atoms with E-state index in [4.69, 9.17) is 0 Å². The summed E-state index contributed by atoms with van der Waals surface area (Å²) in [6.07, 6.45) is 0. The average Bonchev–Trinajstić information content (AvgIpc) is 2.35. The van der Waals surface area contributed by atoms with Crippen LogP contribution >= 0.6 is 0 Å². The van der Waals surface area contributed by atoms with Gasteiger partial charge in [-0.25, -0.2) is 8.42 Å². The second kappa shape index (κ2) is 6.47. The van der Waals surface area contributed by atoms with Crippen molar-refractivity contribution < 1.29 is 8.42 Å². The minimum atomic E-state index is -1.57. The van der Waals surface area contributed by atoms with Gasteiger partial charge in [-0.15, -0.1) is 0 Å². The lowest BCUT2D eigenvalue weighted by atomic mass is 10.1. The van der Waals surface area contributed by atoms with Crippen LogP contribution in [0.1, 0.15) is 33.4 Å². The molecule has 0 aromatic heterocycles. The van der Waals surface area contributed by atoms with Crippen LogP contribution in [-0.2, 0) is 19.7 Å². The molecule has 0 bridgehead atoms. The fourth-order valence-electron chi connectivity index (χ4n) is 3.01. The fraction of sp³-hybridized carbons (Fsp3) is 0.333. The Morgan fingerprint density at radius 3 is 1.00 bits per heavy atom. The highest BCUT2D eigenvalue weighted by molar-refractivity contribution is 8.61. The minimum Gasteiger partial charge on any atom is -0.240 e. The van der Waals surface area contributed by atoms with Gasteiger partial charge >= 0.3 is 0 Å². The maximum atomic E-state index is 12.9. The Balaban J connectivity index is 2.54. The van der Waals surface area contributed by atoms with Gasteiger partial charge in [-0.3, -0.25) is 0 Å². The van der Waals surface area contributed by atoms with Gasteiger partial charge in [0.1, 0.15) is 19.7 Å². The molecular weight excluding hydrogens is 312 g/mol. The molecule has 0 aliphatic heterocycles. The molecule has 0 amide bonds. The normalized spacial score (nSPS) is 13.9. The highest BCUT2D eigenvalue weighted by atomic mass is 33.1. The summed E-state index contributed by atoms with van der Waals surface area (Å²) in [6.45, 7) is 11.7. The molecule has 4 heteroatoms. The van der Waals surface area contributed by atoms with Crippen molar-refractivity contribution in [3.05, 3.63) is 57.6 Å². The molecule has 2 aromatic carbocycles. The van der Waals surface area contributed by atoms with Gasteiger partial charge < -0.3 is 0 Å². The summed E-state index contributed by atoms with van der Waals surface area (Å²) in [5.41, 5.74) is 6.00. The van der Waals surface area contributed by atoms with Crippen molar-refractivity contribution in [2.75, 3.05) is 0 Å². The van der Waals surface area contributed by atoms with Crippen LogP contribution in [0.15, 0.2) is 34.1 Å². The molecular formula is C18H22O2S2. The van der Waals surface area contributed by atoms with E-state index in [9.17, 15) is 8.42 Å². The van der Waals surface area contributed by atoms with E-state index in [0.717, 1.165) is 33.4 Å². The molecule has 118 valence electrons. The molecule has 2 atom stereocenters. The van der Waals surface area contributed by atoms with Crippen LogP contribution in [0.3, 0.4) is 0 Å². The molecule has 0 spiro atoms. The molecule has 0 radical (unpaired) electrons. The lowest BCUT2D eigenvalue weighted by Crippen LogP contribution is -2.08. The lowest BCUT2D eigenvalue weighted by molar-refractivity contribution is 0.675. The monoisotopic (exact) mass is 334 g/mol. The van der Waals surface area contributed by atoms with Crippen LogP contribution in [0.4, 0.5) is 0 Å². The number of aryl methyl sites for hydroxylation is 6. The van der Waals surface area contributed by atoms with Gasteiger partial charge in [0.15, 0.2) is 0 Å². The van der Waals surface area contributed by atoms with E-state index in [1.807, 2.05) is 65.8 Å². The molecule has 0 N–H and O–H groups in total. The summed E-state index contributed by atoms with van der Waals surface area (Å²) in [6, 6.07) is 7.97. The Hall–Kier alpha value is -1.26. The first kappa shape index (κ1) is 17.1. The third kappa shape index (κ3) is 3.23. The molecule has 0 aliphatic carbocycles. The highest BCUT2D eigenvalue weighted by Crippen LogP contribution is 2.28. The van der Waals surface area contributed by atoms with Crippen LogP contribution in [0.5, 0.6) is 0 Å². The SMILES string of the molecule is Cc1cc(C)c([S@@](=O)[S@@](=O)c2c(C)cc(C)cc2C)c(C)c1. The van der Waals surface area contributed by atoms with Gasteiger partial charge in [0.2, 0.25) is 0 Å². The first-order valence-corrected chi connectivity index (χ1v) is 10.0. The van der Waals surface area contributed by atoms with Crippen LogP contribution in [0.25, 0.3) is 0 Å². The average molecular weight is 335 g/mol. The molecule has 22 heavy (non-hydrogen) atoms. The third-order valence-electron chi connectivity index (χ3n) is 3.68. The smallest absolute Gasteiger partial charge is 0.148 e. The first-order chi connectivity index (χ1) is 10.2. The molecule has 2 nitrogen and oxygen atoms in total. The highest BCUT2D eigenvalue weighted by Gasteiger charge is 2.22. The Morgan fingerprint density at radius 2 is 0.773 bits per heavy atom. The van der Waals surface area contributed by atoms with E-state index in [1.54, 1.807) is 0 Å². The second-order valence-corrected chi connectivity index (χ2v) is 9.50.